The third-order valence-electron chi connectivity index (χ3n) is 3.59. The molecule has 92 valence electrons. The van der Waals surface area contributed by atoms with Crippen LogP contribution in [0.1, 0.15) is 38.8 Å². The van der Waals surface area contributed by atoms with Gasteiger partial charge in [0, 0.05) is 12.1 Å². The van der Waals surface area contributed by atoms with E-state index >= 15 is 0 Å². The maximum Gasteiger partial charge on any atom is 0.269 e. The summed E-state index contributed by atoms with van der Waals surface area (Å²) in [4.78, 5) is 10.4. The Balaban J connectivity index is 2.68. The molecule has 0 aromatic heterocycles. The van der Waals surface area contributed by atoms with Crippen LogP contribution in [0.15, 0.2) is 18.2 Å². The van der Waals surface area contributed by atoms with Gasteiger partial charge in [-0.2, -0.15) is 5.06 Å². The number of non-ortho nitro benzene ring substituents is 1. The number of fused-ring (bicyclic) bond motifs is 1. The minimum atomic E-state index is -0.620. The Morgan fingerprint density at radius 1 is 1.18 bits per heavy atom. The summed E-state index contributed by atoms with van der Waals surface area (Å²) >= 11 is 0. The molecule has 0 amide bonds. The normalized spacial score (nSPS) is 21.2. The standard InChI is InChI=1S/C12H16N2O3/c1-11(2)9-6-5-8(13(15)16)7-10(9)12(3,4)14(11)17/h5-7,17H,1-4H3. The van der Waals surface area contributed by atoms with E-state index in [1.54, 1.807) is 12.1 Å². The largest absolute Gasteiger partial charge is 0.312 e. The molecule has 1 heterocycles. The summed E-state index contributed by atoms with van der Waals surface area (Å²) in [5.74, 6) is 0. The molecule has 17 heavy (non-hydrogen) atoms. The second-order valence-electron chi connectivity index (χ2n) is 5.42. The molecule has 0 aliphatic carbocycles. The molecule has 0 bridgehead atoms. The van der Waals surface area contributed by atoms with Crippen molar-refractivity contribution in [1.82, 2.24) is 5.06 Å². The summed E-state index contributed by atoms with van der Waals surface area (Å²) in [6, 6.07) is 4.76. The Morgan fingerprint density at radius 2 is 1.71 bits per heavy atom. The predicted octanol–water partition coefficient (Wildman–Crippen LogP) is 2.77. The average Bonchev–Trinajstić information content (AvgIpc) is 2.38. The smallest absolute Gasteiger partial charge is 0.269 e. The van der Waals surface area contributed by atoms with E-state index in [1.165, 1.54) is 11.1 Å². The molecule has 0 fully saturated rings. The zero-order valence-electron chi connectivity index (χ0n) is 10.4. The molecule has 5 heteroatoms. The molecular weight excluding hydrogens is 220 g/mol. The summed E-state index contributed by atoms with van der Waals surface area (Å²) in [6.07, 6.45) is 0. The van der Waals surface area contributed by atoms with E-state index in [0.29, 0.717) is 0 Å². The minimum Gasteiger partial charge on any atom is -0.312 e. The Labute approximate surface area is 99.8 Å². The monoisotopic (exact) mass is 236 g/mol. The van der Waals surface area contributed by atoms with Crippen LogP contribution in [0.4, 0.5) is 5.69 Å². The van der Waals surface area contributed by atoms with E-state index in [1.807, 2.05) is 27.7 Å². The van der Waals surface area contributed by atoms with Gasteiger partial charge in [-0.1, -0.05) is 0 Å². The maximum atomic E-state index is 10.8. The van der Waals surface area contributed by atoms with E-state index in [0.717, 1.165) is 11.1 Å². The lowest BCUT2D eigenvalue weighted by Crippen LogP contribution is -2.42. The first kappa shape index (κ1) is 12.0. The quantitative estimate of drug-likeness (QED) is 0.601. The number of hydroxylamine groups is 2. The first-order valence-corrected chi connectivity index (χ1v) is 5.47. The fraction of sp³-hybridized carbons (Fsp3) is 0.500. The van der Waals surface area contributed by atoms with Gasteiger partial charge in [-0.15, -0.1) is 0 Å². The van der Waals surface area contributed by atoms with E-state index in [9.17, 15) is 15.3 Å². The lowest BCUT2D eigenvalue weighted by atomic mass is 9.90. The molecule has 1 N–H and O–H groups in total. The summed E-state index contributed by atoms with van der Waals surface area (Å²) in [5, 5.41) is 22.2. The van der Waals surface area contributed by atoms with Crippen molar-refractivity contribution in [2.24, 2.45) is 0 Å². The van der Waals surface area contributed by atoms with E-state index < -0.39 is 16.0 Å². The lowest BCUT2D eigenvalue weighted by molar-refractivity contribution is -0.385. The molecule has 1 aromatic carbocycles. The minimum absolute atomic E-state index is 0.0583. The average molecular weight is 236 g/mol. The van der Waals surface area contributed by atoms with Crippen LogP contribution >= 0.6 is 0 Å². The highest BCUT2D eigenvalue weighted by molar-refractivity contribution is 5.49. The molecule has 0 saturated carbocycles. The molecule has 0 atom stereocenters. The third-order valence-corrected chi connectivity index (χ3v) is 3.59. The van der Waals surface area contributed by atoms with Crippen molar-refractivity contribution in [2.45, 2.75) is 38.8 Å². The van der Waals surface area contributed by atoms with Crippen LogP contribution in [0, 0.1) is 10.1 Å². The zero-order chi connectivity index (χ0) is 13.0. The molecule has 2 rings (SSSR count). The highest BCUT2D eigenvalue weighted by atomic mass is 16.6. The summed E-state index contributed by atoms with van der Waals surface area (Å²) in [7, 11) is 0. The summed E-state index contributed by atoms with van der Waals surface area (Å²) in [5.41, 5.74) is 0.636. The Bertz CT molecular complexity index is 495. The highest BCUT2D eigenvalue weighted by Crippen LogP contribution is 2.48. The van der Waals surface area contributed by atoms with Crippen molar-refractivity contribution in [2.75, 3.05) is 0 Å². The molecule has 0 saturated heterocycles. The van der Waals surface area contributed by atoms with Crippen LogP contribution in [-0.2, 0) is 11.1 Å². The molecule has 1 aliphatic rings. The van der Waals surface area contributed by atoms with E-state index in [2.05, 4.69) is 0 Å². The summed E-state index contributed by atoms with van der Waals surface area (Å²) < 4.78 is 0. The fourth-order valence-corrected chi connectivity index (χ4v) is 2.61. The van der Waals surface area contributed by atoms with Gasteiger partial charge in [-0.05, 0) is 44.9 Å². The van der Waals surface area contributed by atoms with Crippen LogP contribution in [0.5, 0.6) is 0 Å². The van der Waals surface area contributed by atoms with Crippen molar-refractivity contribution in [3.05, 3.63) is 39.4 Å². The number of rotatable bonds is 1. The third kappa shape index (κ3) is 1.46. The van der Waals surface area contributed by atoms with Gasteiger partial charge in [0.05, 0.1) is 16.0 Å². The Kier molecular flexibility index (Phi) is 2.31. The number of nitrogens with zero attached hydrogens (tertiary/aromatic N) is 2. The van der Waals surface area contributed by atoms with E-state index in [4.69, 9.17) is 0 Å². The second kappa shape index (κ2) is 3.27. The molecular formula is C12H16N2O3. The number of hydrogen-bond donors (Lipinski definition) is 1. The van der Waals surface area contributed by atoms with Crippen LogP contribution < -0.4 is 0 Å². The number of nitro benzene ring substituents is 1. The van der Waals surface area contributed by atoms with Crippen molar-refractivity contribution in [3.63, 3.8) is 0 Å². The first-order valence-electron chi connectivity index (χ1n) is 5.47. The number of benzene rings is 1. The van der Waals surface area contributed by atoms with Crippen molar-refractivity contribution >= 4 is 5.69 Å². The van der Waals surface area contributed by atoms with Crippen molar-refractivity contribution < 1.29 is 10.1 Å². The van der Waals surface area contributed by atoms with Crippen LogP contribution in [0.2, 0.25) is 0 Å². The van der Waals surface area contributed by atoms with Gasteiger partial charge >= 0.3 is 0 Å². The van der Waals surface area contributed by atoms with Gasteiger partial charge in [0.25, 0.3) is 5.69 Å². The molecule has 1 aliphatic heterocycles. The SMILES string of the molecule is CC1(C)c2ccc([N+](=O)[O-])cc2C(C)(C)N1O. The molecule has 0 unspecified atom stereocenters. The lowest BCUT2D eigenvalue weighted by Gasteiger charge is -2.34. The van der Waals surface area contributed by atoms with Crippen molar-refractivity contribution in [3.8, 4) is 0 Å². The van der Waals surface area contributed by atoms with Gasteiger partial charge in [0.15, 0.2) is 0 Å². The highest BCUT2D eigenvalue weighted by Gasteiger charge is 2.49. The predicted molar refractivity (Wildman–Crippen MR) is 62.8 cm³/mol. The Morgan fingerprint density at radius 3 is 2.24 bits per heavy atom. The van der Waals surface area contributed by atoms with E-state index in [-0.39, 0.29) is 5.69 Å². The van der Waals surface area contributed by atoms with Gasteiger partial charge in [0.2, 0.25) is 0 Å². The van der Waals surface area contributed by atoms with Crippen LogP contribution in [-0.4, -0.2) is 15.2 Å². The van der Waals surface area contributed by atoms with Crippen molar-refractivity contribution in [1.29, 1.82) is 0 Å². The van der Waals surface area contributed by atoms with Crippen LogP contribution in [0.25, 0.3) is 0 Å². The molecule has 1 aromatic rings. The topological polar surface area (TPSA) is 66.6 Å². The summed E-state index contributed by atoms with van der Waals surface area (Å²) in [6.45, 7) is 7.49. The molecule has 5 nitrogen and oxygen atoms in total. The number of nitro groups is 1. The second-order valence-corrected chi connectivity index (χ2v) is 5.42. The zero-order valence-corrected chi connectivity index (χ0v) is 10.4. The van der Waals surface area contributed by atoms with Crippen LogP contribution in [0.3, 0.4) is 0 Å². The van der Waals surface area contributed by atoms with Gasteiger partial charge in [-0.25, -0.2) is 0 Å². The Hall–Kier alpha value is -1.46. The van der Waals surface area contributed by atoms with Gasteiger partial charge in [0.1, 0.15) is 0 Å². The molecule has 0 spiro atoms. The fourth-order valence-electron chi connectivity index (χ4n) is 2.61. The number of hydrogen-bond acceptors (Lipinski definition) is 4. The maximum absolute atomic E-state index is 10.8. The van der Waals surface area contributed by atoms with Gasteiger partial charge < -0.3 is 5.21 Å². The van der Waals surface area contributed by atoms with Gasteiger partial charge in [-0.3, -0.25) is 10.1 Å². The first-order chi connectivity index (χ1) is 7.69. The molecule has 0 radical (unpaired) electrons.